The molecule has 0 spiro atoms. The zero-order chi connectivity index (χ0) is 16.9. The van der Waals surface area contributed by atoms with Crippen LogP contribution in [0.4, 0.5) is 0 Å². The molecule has 1 saturated heterocycles. The third kappa shape index (κ3) is 4.13. The third-order valence-corrected chi connectivity index (χ3v) is 4.73. The number of amides is 1. The first-order valence-electron chi connectivity index (χ1n) is 8.30. The Morgan fingerprint density at radius 2 is 2.04 bits per heavy atom. The maximum Gasteiger partial charge on any atom is 0.225 e. The number of aryl methyl sites for hydroxylation is 1. The Morgan fingerprint density at radius 3 is 2.79 bits per heavy atom. The second-order valence-electron chi connectivity index (χ2n) is 6.23. The van der Waals surface area contributed by atoms with Crippen LogP contribution in [0.1, 0.15) is 22.9 Å². The van der Waals surface area contributed by atoms with Gasteiger partial charge in [0.2, 0.25) is 5.91 Å². The molecule has 1 aromatic carbocycles. The molecule has 2 N–H and O–H groups in total. The van der Waals surface area contributed by atoms with E-state index in [4.69, 9.17) is 11.6 Å². The van der Waals surface area contributed by atoms with E-state index in [0.717, 1.165) is 34.9 Å². The lowest BCUT2D eigenvalue weighted by atomic mass is 9.88. The smallest absolute Gasteiger partial charge is 0.225 e. The molecule has 5 heteroatoms. The van der Waals surface area contributed by atoms with Crippen LogP contribution in [0.2, 0.25) is 5.02 Å². The SMILES string of the molecule is Cc1cccc(CCNC(=O)[C@@H]2CNC[C@H]2c2ccc(Cl)cc2)n1. The molecule has 1 aliphatic heterocycles. The van der Waals surface area contributed by atoms with E-state index >= 15 is 0 Å². The molecule has 2 aromatic rings. The van der Waals surface area contributed by atoms with Gasteiger partial charge in [-0.2, -0.15) is 0 Å². The van der Waals surface area contributed by atoms with Crippen molar-refractivity contribution in [3.63, 3.8) is 0 Å². The Balaban J connectivity index is 1.56. The maximum absolute atomic E-state index is 12.6. The number of nitrogens with zero attached hydrogens (tertiary/aromatic N) is 1. The summed E-state index contributed by atoms with van der Waals surface area (Å²) in [5.74, 6) is 0.253. The highest BCUT2D eigenvalue weighted by molar-refractivity contribution is 6.30. The normalized spacial score (nSPS) is 20.1. The Labute approximate surface area is 147 Å². The average molecular weight is 344 g/mol. The largest absolute Gasteiger partial charge is 0.355 e. The number of carbonyl (C=O) groups excluding carboxylic acids is 1. The highest BCUT2D eigenvalue weighted by atomic mass is 35.5. The number of benzene rings is 1. The molecule has 3 rings (SSSR count). The van der Waals surface area contributed by atoms with Crippen molar-refractivity contribution in [2.45, 2.75) is 19.3 Å². The predicted octanol–water partition coefficient (Wildman–Crippen LogP) is 2.71. The second-order valence-corrected chi connectivity index (χ2v) is 6.67. The lowest BCUT2D eigenvalue weighted by Gasteiger charge is -2.18. The van der Waals surface area contributed by atoms with Gasteiger partial charge in [-0.25, -0.2) is 0 Å². The van der Waals surface area contributed by atoms with E-state index in [-0.39, 0.29) is 17.7 Å². The predicted molar refractivity (Wildman–Crippen MR) is 96.2 cm³/mol. The van der Waals surface area contributed by atoms with E-state index in [1.165, 1.54) is 0 Å². The summed E-state index contributed by atoms with van der Waals surface area (Å²) < 4.78 is 0. The molecule has 0 bridgehead atoms. The molecule has 2 heterocycles. The van der Waals surface area contributed by atoms with Gasteiger partial charge in [0.15, 0.2) is 0 Å². The molecule has 0 aliphatic carbocycles. The summed E-state index contributed by atoms with van der Waals surface area (Å²) in [6.45, 7) is 4.11. The Kier molecular flexibility index (Phi) is 5.48. The number of pyridine rings is 1. The van der Waals surface area contributed by atoms with Crippen LogP contribution in [-0.4, -0.2) is 30.5 Å². The van der Waals surface area contributed by atoms with Gasteiger partial charge in [-0.05, 0) is 36.8 Å². The van der Waals surface area contributed by atoms with Crippen molar-refractivity contribution in [3.8, 4) is 0 Å². The fourth-order valence-electron chi connectivity index (χ4n) is 3.20. The summed E-state index contributed by atoms with van der Waals surface area (Å²) in [6.07, 6.45) is 0.749. The zero-order valence-corrected chi connectivity index (χ0v) is 14.5. The van der Waals surface area contributed by atoms with Crippen molar-refractivity contribution < 1.29 is 4.79 Å². The second kappa shape index (κ2) is 7.77. The third-order valence-electron chi connectivity index (χ3n) is 4.48. The van der Waals surface area contributed by atoms with Crippen LogP contribution in [0.5, 0.6) is 0 Å². The first-order valence-corrected chi connectivity index (χ1v) is 8.68. The van der Waals surface area contributed by atoms with Gasteiger partial charge in [0.25, 0.3) is 0 Å². The number of hydrogen-bond acceptors (Lipinski definition) is 3. The first-order chi connectivity index (χ1) is 11.6. The van der Waals surface area contributed by atoms with Crippen LogP contribution in [0, 0.1) is 12.8 Å². The standard InChI is InChI=1S/C19H22ClN3O/c1-13-3-2-4-16(23-13)9-10-22-19(24)18-12-21-11-17(18)14-5-7-15(20)8-6-14/h2-8,17-18,21H,9-12H2,1H3,(H,22,24)/t17-,18+/m0/s1. The van der Waals surface area contributed by atoms with Crippen molar-refractivity contribution in [2.24, 2.45) is 5.92 Å². The summed E-state index contributed by atoms with van der Waals surface area (Å²) in [5, 5.41) is 7.10. The molecule has 126 valence electrons. The van der Waals surface area contributed by atoms with Crippen LogP contribution in [0.3, 0.4) is 0 Å². The number of carbonyl (C=O) groups is 1. The van der Waals surface area contributed by atoms with E-state index in [0.29, 0.717) is 13.1 Å². The number of aromatic nitrogens is 1. The van der Waals surface area contributed by atoms with Crippen molar-refractivity contribution in [1.82, 2.24) is 15.6 Å². The maximum atomic E-state index is 12.6. The average Bonchev–Trinajstić information content (AvgIpc) is 3.05. The number of hydrogen-bond donors (Lipinski definition) is 2. The monoisotopic (exact) mass is 343 g/mol. The van der Waals surface area contributed by atoms with Crippen LogP contribution >= 0.6 is 11.6 Å². The van der Waals surface area contributed by atoms with Crippen LogP contribution in [0.25, 0.3) is 0 Å². The minimum Gasteiger partial charge on any atom is -0.355 e. The van der Waals surface area contributed by atoms with E-state index in [2.05, 4.69) is 15.6 Å². The molecule has 1 aliphatic rings. The van der Waals surface area contributed by atoms with E-state index in [1.54, 1.807) is 0 Å². The van der Waals surface area contributed by atoms with Gasteiger partial charge in [0.1, 0.15) is 0 Å². The van der Waals surface area contributed by atoms with Crippen molar-refractivity contribution >= 4 is 17.5 Å². The summed E-state index contributed by atoms with van der Waals surface area (Å²) in [5.41, 5.74) is 3.17. The summed E-state index contributed by atoms with van der Waals surface area (Å²) in [4.78, 5) is 17.0. The van der Waals surface area contributed by atoms with E-state index in [1.807, 2.05) is 49.4 Å². The molecule has 0 saturated carbocycles. The van der Waals surface area contributed by atoms with Crippen LogP contribution in [-0.2, 0) is 11.2 Å². The molecular formula is C19H22ClN3O. The van der Waals surface area contributed by atoms with Crippen molar-refractivity contribution in [1.29, 1.82) is 0 Å². The molecule has 1 fully saturated rings. The minimum atomic E-state index is -0.0448. The fourth-order valence-corrected chi connectivity index (χ4v) is 3.32. The van der Waals surface area contributed by atoms with Gasteiger partial charge in [-0.15, -0.1) is 0 Å². The van der Waals surface area contributed by atoms with Crippen LogP contribution in [0.15, 0.2) is 42.5 Å². The lowest BCUT2D eigenvalue weighted by Crippen LogP contribution is -2.35. The van der Waals surface area contributed by atoms with E-state index in [9.17, 15) is 4.79 Å². The Hall–Kier alpha value is -1.91. The van der Waals surface area contributed by atoms with Gasteiger partial charge >= 0.3 is 0 Å². The molecule has 1 aromatic heterocycles. The summed E-state index contributed by atoms with van der Waals surface area (Å²) in [7, 11) is 0. The topological polar surface area (TPSA) is 54.0 Å². The molecule has 0 radical (unpaired) electrons. The zero-order valence-electron chi connectivity index (χ0n) is 13.8. The van der Waals surface area contributed by atoms with Gasteiger partial charge in [-0.1, -0.05) is 29.8 Å². The Bertz CT molecular complexity index is 702. The summed E-state index contributed by atoms with van der Waals surface area (Å²) in [6, 6.07) is 13.8. The van der Waals surface area contributed by atoms with Crippen molar-refractivity contribution in [3.05, 3.63) is 64.4 Å². The van der Waals surface area contributed by atoms with Gasteiger partial charge in [0, 0.05) is 48.4 Å². The van der Waals surface area contributed by atoms with E-state index < -0.39 is 0 Å². The highest BCUT2D eigenvalue weighted by Gasteiger charge is 2.33. The molecular weight excluding hydrogens is 322 g/mol. The summed E-state index contributed by atoms with van der Waals surface area (Å²) >= 11 is 5.95. The fraction of sp³-hybridized carbons (Fsp3) is 0.368. The molecule has 4 nitrogen and oxygen atoms in total. The van der Waals surface area contributed by atoms with Gasteiger partial charge in [0.05, 0.1) is 5.92 Å². The van der Waals surface area contributed by atoms with Gasteiger partial charge in [-0.3, -0.25) is 9.78 Å². The first kappa shape index (κ1) is 16.9. The quantitative estimate of drug-likeness (QED) is 0.877. The number of nitrogens with one attached hydrogen (secondary N) is 2. The van der Waals surface area contributed by atoms with Crippen LogP contribution < -0.4 is 10.6 Å². The van der Waals surface area contributed by atoms with Gasteiger partial charge < -0.3 is 10.6 Å². The molecule has 2 atom stereocenters. The number of halogens is 1. The molecule has 1 amide bonds. The Morgan fingerprint density at radius 1 is 1.25 bits per heavy atom. The molecule has 24 heavy (non-hydrogen) atoms. The minimum absolute atomic E-state index is 0.0448. The molecule has 0 unspecified atom stereocenters. The lowest BCUT2D eigenvalue weighted by molar-refractivity contribution is -0.124. The van der Waals surface area contributed by atoms with Crippen molar-refractivity contribution in [2.75, 3.05) is 19.6 Å². The number of rotatable bonds is 5. The highest BCUT2D eigenvalue weighted by Crippen LogP contribution is 2.29.